The second kappa shape index (κ2) is 8.67. The number of rotatable bonds is 6. The number of hydrogen-bond acceptors (Lipinski definition) is 7. The number of hydrogen-bond donors (Lipinski definition) is 2. The molecule has 10 nitrogen and oxygen atoms in total. The Morgan fingerprint density at radius 2 is 2.00 bits per heavy atom. The molecule has 32 heavy (non-hydrogen) atoms. The van der Waals surface area contributed by atoms with Crippen LogP contribution in [0, 0.1) is 5.92 Å². The van der Waals surface area contributed by atoms with Gasteiger partial charge in [-0.2, -0.15) is 4.31 Å². The Labute approximate surface area is 184 Å². The van der Waals surface area contributed by atoms with Crippen LogP contribution in [0.3, 0.4) is 0 Å². The average molecular weight is 461 g/mol. The lowest BCUT2D eigenvalue weighted by molar-refractivity contribution is -0.120. The molecule has 0 spiro atoms. The van der Waals surface area contributed by atoms with E-state index in [1.807, 2.05) is 0 Å². The van der Waals surface area contributed by atoms with Crippen molar-refractivity contribution in [3.05, 3.63) is 46.9 Å². The monoisotopic (exact) mass is 461 g/mol. The van der Waals surface area contributed by atoms with Crippen molar-refractivity contribution in [1.29, 1.82) is 0 Å². The molecular weight excluding hydrogens is 438 g/mol. The molecule has 2 heterocycles. The number of benzene rings is 2. The van der Waals surface area contributed by atoms with Crippen molar-refractivity contribution in [3.63, 3.8) is 0 Å². The largest absolute Gasteiger partial charge is 0.497 e. The topological polar surface area (TPSA) is 131 Å². The number of piperidine rings is 1. The lowest BCUT2D eigenvalue weighted by Gasteiger charge is -2.31. The van der Waals surface area contributed by atoms with Crippen LogP contribution in [0.1, 0.15) is 12.8 Å². The molecule has 1 saturated heterocycles. The molecule has 0 saturated carbocycles. The van der Waals surface area contributed by atoms with Crippen LogP contribution in [0.4, 0.5) is 5.69 Å². The van der Waals surface area contributed by atoms with Crippen molar-refractivity contribution >= 4 is 32.7 Å². The van der Waals surface area contributed by atoms with Gasteiger partial charge in [0.2, 0.25) is 15.9 Å². The maximum atomic E-state index is 13.2. The first-order valence-electron chi connectivity index (χ1n) is 9.97. The molecule has 0 unspecified atom stereocenters. The van der Waals surface area contributed by atoms with E-state index < -0.39 is 21.7 Å². The number of carbonyl (C=O) groups excluding carboxylic acids is 1. The summed E-state index contributed by atoms with van der Waals surface area (Å²) in [5.74, 6) is -0.442. The van der Waals surface area contributed by atoms with E-state index >= 15 is 0 Å². The summed E-state index contributed by atoms with van der Waals surface area (Å²) in [4.78, 5) is 26.7. The minimum absolute atomic E-state index is 0.00521. The van der Waals surface area contributed by atoms with Gasteiger partial charge in [0.25, 0.3) is 0 Å². The number of ether oxygens (including phenoxy) is 2. The quantitative estimate of drug-likeness (QED) is 0.575. The van der Waals surface area contributed by atoms with Crippen molar-refractivity contribution < 1.29 is 27.1 Å². The van der Waals surface area contributed by atoms with E-state index in [9.17, 15) is 18.0 Å². The number of oxazole rings is 1. The molecule has 170 valence electrons. The van der Waals surface area contributed by atoms with Gasteiger partial charge in [0, 0.05) is 25.2 Å². The number of fused-ring (bicyclic) bond motifs is 1. The molecule has 0 bridgehead atoms. The van der Waals surface area contributed by atoms with Gasteiger partial charge in [0.15, 0.2) is 5.58 Å². The maximum Gasteiger partial charge on any atom is 0.417 e. The number of carbonyl (C=O) groups is 1. The first-order chi connectivity index (χ1) is 15.3. The van der Waals surface area contributed by atoms with Gasteiger partial charge in [0.1, 0.15) is 11.5 Å². The minimum atomic E-state index is -3.87. The molecule has 1 aliphatic heterocycles. The number of nitrogens with zero attached hydrogens (tertiary/aromatic N) is 1. The highest BCUT2D eigenvalue weighted by Crippen LogP contribution is 2.31. The first kappa shape index (κ1) is 21.9. The number of methoxy groups -OCH3 is 2. The summed E-state index contributed by atoms with van der Waals surface area (Å²) in [6.07, 6.45) is 1.10. The van der Waals surface area contributed by atoms with E-state index in [4.69, 9.17) is 13.9 Å². The van der Waals surface area contributed by atoms with Gasteiger partial charge in [-0.1, -0.05) is 0 Å². The SMILES string of the molecule is COc1ccc(NC(=O)[C@H]2CCCN(S(=O)(=O)c3ccc4[nH]c(=O)oc4c3)C2)c(OC)c1. The van der Waals surface area contributed by atoms with Crippen LogP contribution in [-0.4, -0.2) is 50.9 Å². The van der Waals surface area contributed by atoms with E-state index in [-0.39, 0.29) is 22.9 Å². The fraction of sp³-hybridized carbons (Fsp3) is 0.333. The molecule has 2 N–H and O–H groups in total. The van der Waals surface area contributed by atoms with Crippen LogP contribution in [0.15, 0.2) is 50.5 Å². The molecule has 11 heteroatoms. The number of aromatic nitrogens is 1. The highest BCUT2D eigenvalue weighted by molar-refractivity contribution is 7.89. The van der Waals surface area contributed by atoms with Gasteiger partial charge < -0.3 is 19.2 Å². The third kappa shape index (κ3) is 4.21. The summed E-state index contributed by atoms with van der Waals surface area (Å²) in [5, 5.41) is 2.83. The zero-order chi connectivity index (χ0) is 22.9. The van der Waals surface area contributed by atoms with Crippen molar-refractivity contribution in [3.8, 4) is 11.5 Å². The van der Waals surface area contributed by atoms with Gasteiger partial charge in [0.05, 0.1) is 36.2 Å². The van der Waals surface area contributed by atoms with Crippen LogP contribution in [0.5, 0.6) is 11.5 Å². The molecule has 4 rings (SSSR count). The fourth-order valence-electron chi connectivity index (χ4n) is 3.75. The number of anilines is 1. The lowest BCUT2D eigenvalue weighted by atomic mass is 9.98. The van der Waals surface area contributed by atoms with E-state index in [0.717, 1.165) is 0 Å². The third-order valence-electron chi connectivity index (χ3n) is 5.45. The van der Waals surface area contributed by atoms with Gasteiger partial charge in [-0.15, -0.1) is 0 Å². The average Bonchev–Trinajstić information content (AvgIpc) is 3.18. The predicted molar refractivity (Wildman–Crippen MR) is 116 cm³/mol. The molecule has 0 radical (unpaired) electrons. The number of sulfonamides is 1. The zero-order valence-electron chi connectivity index (χ0n) is 17.6. The molecule has 0 aliphatic carbocycles. The van der Waals surface area contributed by atoms with E-state index in [1.165, 1.54) is 36.7 Å². The minimum Gasteiger partial charge on any atom is -0.497 e. The standard InChI is InChI=1S/C21H23N3O7S/c1-29-14-5-7-16(18(10-14)30-2)22-20(25)13-4-3-9-24(12-13)32(27,28)15-6-8-17-19(11-15)31-21(26)23-17/h5-8,10-11,13H,3-4,9,12H2,1-2H3,(H,22,25)(H,23,26)/t13-/m0/s1. The summed E-state index contributed by atoms with van der Waals surface area (Å²) in [6.45, 7) is 0.342. The van der Waals surface area contributed by atoms with Crippen molar-refractivity contribution in [2.75, 3.05) is 32.6 Å². The summed E-state index contributed by atoms with van der Waals surface area (Å²) in [7, 11) is -0.847. The van der Waals surface area contributed by atoms with Crippen molar-refractivity contribution in [2.24, 2.45) is 5.92 Å². The Hall–Kier alpha value is -3.31. The Balaban J connectivity index is 1.52. The number of nitrogens with one attached hydrogen (secondary N) is 2. The fourth-order valence-corrected chi connectivity index (χ4v) is 5.29. The van der Waals surface area contributed by atoms with Crippen molar-refractivity contribution in [1.82, 2.24) is 9.29 Å². The second-order valence-electron chi connectivity index (χ2n) is 7.43. The molecule has 1 aromatic heterocycles. The number of aromatic amines is 1. The van der Waals surface area contributed by atoms with Gasteiger partial charge in [-0.3, -0.25) is 9.78 Å². The summed E-state index contributed by atoms with van der Waals surface area (Å²) < 4.78 is 43.1. The highest BCUT2D eigenvalue weighted by atomic mass is 32.2. The van der Waals surface area contributed by atoms with Gasteiger partial charge >= 0.3 is 5.76 Å². The lowest BCUT2D eigenvalue weighted by Crippen LogP contribution is -2.43. The third-order valence-corrected chi connectivity index (χ3v) is 7.31. The van der Waals surface area contributed by atoms with E-state index in [0.29, 0.717) is 42.1 Å². The molecular formula is C21H23N3O7S. The van der Waals surface area contributed by atoms with Crippen LogP contribution in [0.2, 0.25) is 0 Å². The number of amides is 1. The Morgan fingerprint density at radius 3 is 2.75 bits per heavy atom. The molecule has 1 atom stereocenters. The van der Waals surface area contributed by atoms with E-state index in [2.05, 4.69) is 10.3 Å². The van der Waals surface area contributed by atoms with Crippen LogP contribution in [0.25, 0.3) is 11.1 Å². The normalized spacial score (nSPS) is 17.2. The highest BCUT2D eigenvalue weighted by Gasteiger charge is 2.34. The molecule has 2 aromatic carbocycles. The molecule has 3 aromatic rings. The Kier molecular flexibility index (Phi) is 5.94. The zero-order valence-corrected chi connectivity index (χ0v) is 18.4. The number of H-pyrrole nitrogens is 1. The summed E-state index contributed by atoms with van der Waals surface area (Å²) >= 11 is 0. The summed E-state index contributed by atoms with van der Waals surface area (Å²) in [6, 6.07) is 9.24. The van der Waals surface area contributed by atoms with Crippen LogP contribution in [-0.2, 0) is 14.8 Å². The van der Waals surface area contributed by atoms with Crippen LogP contribution >= 0.6 is 0 Å². The molecule has 1 amide bonds. The van der Waals surface area contributed by atoms with Gasteiger partial charge in [-0.25, -0.2) is 13.2 Å². The Morgan fingerprint density at radius 1 is 1.19 bits per heavy atom. The van der Waals surface area contributed by atoms with Crippen molar-refractivity contribution in [2.45, 2.75) is 17.7 Å². The van der Waals surface area contributed by atoms with Gasteiger partial charge in [-0.05, 0) is 37.1 Å². The summed E-state index contributed by atoms with van der Waals surface area (Å²) in [5.41, 5.74) is 1.05. The molecule has 1 fully saturated rings. The molecule has 1 aliphatic rings. The first-order valence-corrected chi connectivity index (χ1v) is 11.4. The maximum absolute atomic E-state index is 13.2. The Bertz CT molecular complexity index is 1310. The smallest absolute Gasteiger partial charge is 0.417 e. The van der Waals surface area contributed by atoms with Crippen LogP contribution < -0.4 is 20.5 Å². The second-order valence-corrected chi connectivity index (χ2v) is 9.37. The predicted octanol–water partition coefficient (Wildman–Crippen LogP) is 2.18. The van der Waals surface area contributed by atoms with E-state index in [1.54, 1.807) is 18.2 Å².